The van der Waals surface area contributed by atoms with Crippen LogP contribution in [0.1, 0.15) is 12.5 Å². The highest BCUT2D eigenvalue weighted by Crippen LogP contribution is 2.26. The van der Waals surface area contributed by atoms with Crippen LogP contribution in [0.5, 0.6) is 5.75 Å². The van der Waals surface area contributed by atoms with E-state index in [1.165, 1.54) is 0 Å². The van der Waals surface area contributed by atoms with E-state index in [0.717, 1.165) is 23.7 Å². The predicted octanol–water partition coefficient (Wildman–Crippen LogP) is 3.18. The second kappa shape index (κ2) is 6.96. The average Bonchev–Trinajstić information content (AvgIpc) is 2.46. The second-order valence-corrected chi connectivity index (χ2v) is 4.50. The van der Waals surface area contributed by atoms with Crippen molar-refractivity contribution in [2.75, 3.05) is 24.3 Å². The Morgan fingerprint density at radius 1 is 1.20 bits per heavy atom. The zero-order valence-electron chi connectivity index (χ0n) is 11.5. The Morgan fingerprint density at radius 2 is 1.95 bits per heavy atom. The molecule has 1 heterocycles. The van der Waals surface area contributed by atoms with Gasteiger partial charge in [-0.3, -0.25) is 4.98 Å². The zero-order valence-corrected chi connectivity index (χ0v) is 12.2. The summed E-state index contributed by atoms with van der Waals surface area (Å²) in [5, 5.41) is 6.97. The molecule has 2 aromatic rings. The number of ether oxygens (including phenoxy) is 1. The summed E-state index contributed by atoms with van der Waals surface area (Å²) in [5.41, 5.74) is 0.896. The van der Waals surface area contributed by atoms with Crippen molar-refractivity contribution in [1.82, 2.24) is 9.97 Å². The minimum Gasteiger partial charge on any atom is -0.496 e. The van der Waals surface area contributed by atoms with E-state index in [1.54, 1.807) is 19.5 Å². The van der Waals surface area contributed by atoms with Gasteiger partial charge in [-0.1, -0.05) is 17.7 Å². The Balaban J connectivity index is 2.10. The summed E-state index contributed by atoms with van der Waals surface area (Å²) in [6.07, 6.45) is 3.36. The number of halogens is 1. The Hall–Kier alpha value is -2.01. The molecule has 0 saturated heterocycles. The average molecular weight is 293 g/mol. The molecule has 0 bridgehead atoms. The van der Waals surface area contributed by atoms with Crippen molar-refractivity contribution in [3.63, 3.8) is 0 Å². The third-order valence-corrected chi connectivity index (χ3v) is 3.09. The number of benzene rings is 1. The van der Waals surface area contributed by atoms with Crippen LogP contribution in [0.2, 0.25) is 5.02 Å². The van der Waals surface area contributed by atoms with Gasteiger partial charge in [0, 0.05) is 23.7 Å². The van der Waals surface area contributed by atoms with Crippen molar-refractivity contribution in [3.8, 4) is 5.75 Å². The fourth-order valence-corrected chi connectivity index (χ4v) is 2.03. The fourth-order valence-electron chi connectivity index (χ4n) is 1.80. The molecule has 2 N–H and O–H groups in total. The topological polar surface area (TPSA) is 59.1 Å². The molecular formula is C14H17ClN4O. The van der Waals surface area contributed by atoms with Crippen LogP contribution in [0.3, 0.4) is 0 Å². The van der Waals surface area contributed by atoms with Crippen molar-refractivity contribution < 1.29 is 4.74 Å². The first-order valence-corrected chi connectivity index (χ1v) is 6.73. The van der Waals surface area contributed by atoms with E-state index in [0.29, 0.717) is 17.4 Å². The van der Waals surface area contributed by atoms with Gasteiger partial charge < -0.3 is 15.4 Å². The van der Waals surface area contributed by atoms with Crippen molar-refractivity contribution in [2.24, 2.45) is 0 Å². The Labute approximate surface area is 123 Å². The lowest BCUT2D eigenvalue weighted by atomic mass is 10.2. The number of rotatable bonds is 6. The summed E-state index contributed by atoms with van der Waals surface area (Å²) in [6.45, 7) is 3.33. The first-order valence-electron chi connectivity index (χ1n) is 6.35. The molecule has 0 saturated carbocycles. The lowest BCUT2D eigenvalue weighted by Crippen LogP contribution is -2.06. The maximum absolute atomic E-state index is 6.19. The largest absolute Gasteiger partial charge is 0.496 e. The van der Waals surface area contributed by atoms with E-state index in [2.05, 4.69) is 20.6 Å². The second-order valence-electron chi connectivity index (χ2n) is 4.09. The van der Waals surface area contributed by atoms with Gasteiger partial charge in [0.2, 0.25) is 0 Å². The summed E-state index contributed by atoms with van der Waals surface area (Å²) < 4.78 is 5.30. The number of aromatic nitrogens is 2. The molecule has 20 heavy (non-hydrogen) atoms. The predicted molar refractivity (Wildman–Crippen MR) is 81.5 cm³/mol. The number of methoxy groups -OCH3 is 1. The van der Waals surface area contributed by atoms with Gasteiger partial charge in [-0.15, -0.1) is 0 Å². The van der Waals surface area contributed by atoms with Crippen LogP contribution in [-0.2, 0) is 6.54 Å². The quantitative estimate of drug-likeness (QED) is 0.856. The highest BCUT2D eigenvalue weighted by Gasteiger charge is 2.07. The smallest absolute Gasteiger partial charge is 0.147 e. The van der Waals surface area contributed by atoms with E-state index >= 15 is 0 Å². The number of nitrogens with one attached hydrogen (secondary N) is 2. The van der Waals surface area contributed by atoms with Crippen LogP contribution < -0.4 is 15.4 Å². The van der Waals surface area contributed by atoms with Gasteiger partial charge in [-0.25, -0.2) is 4.98 Å². The van der Waals surface area contributed by atoms with E-state index in [-0.39, 0.29) is 0 Å². The third kappa shape index (κ3) is 3.51. The van der Waals surface area contributed by atoms with Crippen LogP contribution in [0.15, 0.2) is 30.6 Å². The molecule has 0 amide bonds. The molecule has 1 aromatic carbocycles. The molecule has 6 heteroatoms. The van der Waals surface area contributed by atoms with Gasteiger partial charge in [-0.05, 0) is 19.1 Å². The highest BCUT2D eigenvalue weighted by atomic mass is 35.5. The van der Waals surface area contributed by atoms with Crippen molar-refractivity contribution in [2.45, 2.75) is 13.5 Å². The van der Waals surface area contributed by atoms with E-state index in [4.69, 9.17) is 16.3 Å². The minimum atomic E-state index is 0.521. The van der Waals surface area contributed by atoms with Crippen molar-refractivity contribution in [3.05, 3.63) is 41.2 Å². The summed E-state index contributed by atoms with van der Waals surface area (Å²) >= 11 is 6.19. The minimum absolute atomic E-state index is 0.521. The Morgan fingerprint density at radius 3 is 2.65 bits per heavy atom. The van der Waals surface area contributed by atoms with Gasteiger partial charge >= 0.3 is 0 Å². The Kier molecular flexibility index (Phi) is 5.01. The maximum Gasteiger partial charge on any atom is 0.147 e. The summed E-state index contributed by atoms with van der Waals surface area (Å²) in [7, 11) is 1.63. The molecule has 0 spiro atoms. The van der Waals surface area contributed by atoms with Crippen LogP contribution >= 0.6 is 11.6 Å². The molecule has 1 aromatic heterocycles. The standard InChI is InChI=1S/C14H17ClN4O/c1-3-17-13-8-16-9-14(19-13)18-7-10-11(15)5-4-6-12(10)20-2/h4-6,8-9H,3,7H2,1-2H3,(H2,17,18,19). The van der Waals surface area contributed by atoms with Crippen LogP contribution in [0.4, 0.5) is 11.6 Å². The Bertz CT molecular complexity index is 577. The molecule has 0 radical (unpaired) electrons. The molecule has 0 aliphatic rings. The van der Waals surface area contributed by atoms with E-state index in [1.807, 2.05) is 25.1 Å². The molecular weight excluding hydrogens is 276 g/mol. The van der Waals surface area contributed by atoms with Crippen LogP contribution in [0, 0.1) is 0 Å². The lowest BCUT2D eigenvalue weighted by molar-refractivity contribution is 0.410. The number of hydrogen-bond acceptors (Lipinski definition) is 5. The van der Waals surface area contributed by atoms with Crippen LogP contribution in [0.25, 0.3) is 0 Å². The normalized spacial score (nSPS) is 10.2. The van der Waals surface area contributed by atoms with Gasteiger partial charge in [0.05, 0.1) is 19.5 Å². The zero-order chi connectivity index (χ0) is 14.4. The van der Waals surface area contributed by atoms with E-state index in [9.17, 15) is 0 Å². The summed E-state index contributed by atoms with van der Waals surface area (Å²) in [6, 6.07) is 5.57. The molecule has 0 atom stereocenters. The molecule has 0 aliphatic heterocycles. The summed E-state index contributed by atoms with van der Waals surface area (Å²) in [4.78, 5) is 8.52. The van der Waals surface area contributed by atoms with Gasteiger partial charge in [0.25, 0.3) is 0 Å². The summed E-state index contributed by atoms with van der Waals surface area (Å²) in [5.74, 6) is 2.18. The highest BCUT2D eigenvalue weighted by molar-refractivity contribution is 6.31. The van der Waals surface area contributed by atoms with Crippen LogP contribution in [-0.4, -0.2) is 23.6 Å². The SMILES string of the molecule is CCNc1cncc(NCc2c(Cl)cccc2OC)n1. The van der Waals surface area contributed by atoms with Gasteiger partial charge in [0.1, 0.15) is 17.4 Å². The number of hydrogen-bond donors (Lipinski definition) is 2. The molecule has 2 rings (SSSR count). The lowest BCUT2D eigenvalue weighted by Gasteiger charge is -2.12. The first-order chi connectivity index (χ1) is 9.74. The first kappa shape index (κ1) is 14.4. The van der Waals surface area contributed by atoms with E-state index < -0.39 is 0 Å². The van der Waals surface area contributed by atoms with Crippen molar-refractivity contribution >= 4 is 23.2 Å². The number of anilines is 2. The third-order valence-electron chi connectivity index (χ3n) is 2.73. The number of nitrogens with zero attached hydrogens (tertiary/aromatic N) is 2. The maximum atomic E-state index is 6.19. The molecule has 0 fully saturated rings. The van der Waals surface area contributed by atoms with Gasteiger partial charge in [-0.2, -0.15) is 0 Å². The fraction of sp³-hybridized carbons (Fsp3) is 0.286. The van der Waals surface area contributed by atoms with Gasteiger partial charge in [0.15, 0.2) is 0 Å². The molecule has 5 nitrogen and oxygen atoms in total. The molecule has 0 unspecified atom stereocenters. The van der Waals surface area contributed by atoms with Crippen molar-refractivity contribution in [1.29, 1.82) is 0 Å². The molecule has 0 aliphatic carbocycles. The molecule has 106 valence electrons. The monoisotopic (exact) mass is 292 g/mol.